The molecule has 31 heavy (non-hydrogen) atoms. The largest absolute Gasteiger partial charge is 0.353 e. The van der Waals surface area contributed by atoms with Crippen LogP contribution in [0, 0.1) is 0 Å². The van der Waals surface area contributed by atoms with Crippen molar-refractivity contribution in [2.24, 2.45) is 0 Å². The topological polar surface area (TPSA) is 90.5 Å². The number of halogens is 1. The van der Waals surface area contributed by atoms with Gasteiger partial charge in [-0.05, 0) is 30.3 Å². The van der Waals surface area contributed by atoms with E-state index < -0.39 is 0 Å². The number of thiazole rings is 1. The highest BCUT2D eigenvalue weighted by Crippen LogP contribution is 2.19. The molecule has 3 heterocycles. The van der Waals surface area contributed by atoms with Gasteiger partial charge in [-0.2, -0.15) is 0 Å². The Labute approximate surface area is 192 Å². The van der Waals surface area contributed by atoms with Gasteiger partial charge in [-0.1, -0.05) is 28.1 Å². The van der Waals surface area contributed by atoms with Crippen LogP contribution in [-0.2, 0) is 11.2 Å². The van der Waals surface area contributed by atoms with E-state index >= 15 is 0 Å². The summed E-state index contributed by atoms with van der Waals surface area (Å²) in [5.41, 5.74) is 1.33. The summed E-state index contributed by atoms with van der Waals surface area (Å²) >= 11 is 4.69. The van der Waals surface area contributed by atoms with Crippen molar-refractivity contribution in [1.82, 2.24) is 14.9 Å². The lowest BCUT2D eigenvalue weighted by Gasteiger charge is -2.35. The number of benzene rings is 1. The summed E-state index contributed by atoms with van der Waals surface area (Å²) in [6.45, 7) is 2.66. The minimum Gasteiger partial charge on any atom is -0.353 e. The van der Waals surface area contributed by atoms with Crippen LogP contribution in [0.3, 0.4) is 0 Å². The fourth-order valence-electron chi connectivity index (χ4n) is 3.23. The standard InChI is InChI=1S/C21H21BrN6O2S/c22-15-4-3-5-16(12-15)24-19(29)13-17-14-31-20(25-17)26-21(30)28-10-8-27(9-11-28)18-6-1-2-7-23-18/h1-7,12,14H,8-11,13H2,(H,24,29)(H,25,26,30). The van der Waals surface area contributed by atoms with E-state index in [4.69, 9.17) is 0 Å². The van der Waals surface area contributed by atoms with Gasteiger partial charge in [-0.25, -0.2) is 14.8 Å². The van der Waals surface area contributed by atoms with Gasteiger partial charge in [0.05, 0.1) is 12.1 Å². The van der Waals surface area contributed by atoms with Crippen molar-refractivity contribution < 1.29 is 9.59 Å². The van der Waals surface area contributed by atoms with Gasteiger partial charge in [0.1, 0.15) is 5.82 Å². The van der Waals surface area contributed by atoms with Crippen LogP contribution in [0.25, 0.3) is 0 Å². The zero-order chi connectivity index (χ0) is 21.6. The molecule has 0 atom stereocenters. The number of carbonyl (C=O) groups excluding carboxylic acids is 2. The van der Waals surface area contributed by atoms with E-state index in [9.17, 15) is 9.59 Å². The number of hydrogen-bond donors (Lipinski definition) is 2. The number of nitrogens with zero attached hydrogens (tertiary/aromatic N) is 4. The molecule has 0 spiro atoms. The maximum atomic E-state index is 12.6. The molecule has 2 N–H and O–H groups in total. The third-order valence-electron chi connectivity index (χ3n) is 4.76. The van der Waals surface area contributed by atoms with Gasteiger partial charge >= 0.3 is 6.03 Å². The number of piperazine rings is 1. The van der Waals surface area contributed by atoms with E-state index in [1.165, 1.54) is 11.3 Å². The quantitative estimate of drug-likeness (QED) is 0.555. The highest BCUT2D eigenvalue weighted by atomic mass is 79.9. The first-order valence-electron chi connectivity index (χ1n) is 9.78. The average molecular weight is 501 g/mol. The van der Waals surface area contributed by atoms with Crippen LogP contribution in [-0.4, -0.2) is 53.0 Å². The summed E-state index contributed by atoms with van der Waals surface area (Å²) in [5, 5.41) is 7.96. The van der Waals surface area contributed by atoms with Crippen LogP contribution in [0.4, 0.5) is 21.4 Å². The number of aromatic nitrogens is 2. The molecule has 1 fully saturated rings. The van der Waals surface area contributed by atoms with Crippen molar-refractivity contribution in [3.63, 3.8) is 0 Å². The zero-order valence-corrected chi connectivity index (χ0v) is 19.0. The summed E-state index contributed by atoms with van der Waals surface area (Å²) in [7, 11) is 0. The number of amides is 3. The Balaban J connectivity index is 1.26. The molecule has 0 saturated carbocycles. The second-order valence-electron chi connectivity index (χ2n) is 6.97. The van der Waals surface area contributed by atoms with Gasteiger partial charge < -0.3 is 15.1 Å². The third kappa shape index (κ3) is 5.80. The fraction of sp³-hybridized carbons (Fsp3) is 0.238. The number of rotatable bonds is 5. The number of pyridine rings is 1. The second kappa shape index (κ2) is 9.88. The van der Waals surface area contributed by atoms with E-state index in [-0.39, 0.29) is 18.4 Å². The van der Waals surface area contributed by atoms with Gasteiger partial charge in [0.2, 0.25) is 5.91 Å². The molecule has 1 aliphatic rings. The van der Waals surface area contributed by atoms with Gasteiger partial charge in [-0.3, -0.25) is 10.1 Å². The molecule has 3 amide bonds. The Bertz CT molecular complexity index is 1050. The Kier molecular flexibility index (Phi) is 6.78. The van der Waals surface area contributed by atoms with Gasteiger partial charge in [0, 0.05) is 47.9 Å². The molecule has 0 aliphatic carbocycles. The molecule has 160 valence electrons. The number of nitrogens with one attached hydrogen (secondary N) is 2. The van der Waals surface area contributed by atoms with Crippen LogP contribution in [0.15, 0.2) is 58.5 Å². The molecule has 4 rings (SSSR count). The van der Waals surface area contributed by atoms with Crippen molar-refractivity contribution in [3.8, 4) is 0 Å². The molecule has 1 saturated heterocycles. The monoisotopic (exact) mass is 500 g/mol. The number of carbonyl (C=O) groups is 2. The van der Waals surface area contributed by atoms with Crippen LogP contribution in [0.1, 0.15) is 5.69 Å². The van der Waals surface area contributed by atoms with Crippen molar-refractivity contribution in [2.75, 3.05) is 41.7 Å². The molecule has 0 radical (unpaired) electrons. The molecule has 0 unspecified atom stereocenters. The Morgan fingerprint density at radius 1 is 1.06 bits per heavy atom. The predicted molar refractivity (Wildman–Crippen MR) is 126 cm³/mol. The Morgan fingerprint density at radius 3 is 2.65 bits per heavy atom. The first-order chi connectivity index (χ1) is 15.1. The normalized spacial score (nSPS) is 13.7. The highest BCUT2D eigenvalue weighted by molar-refractivity contribution is 9.10. The number of urea groups is 1. The lowest BCUT2D eigenvalue weighted by atomic mass is 10.3. The smallest absolute Gasteiger partial charge is 0.323 e. The summed E-state index contributed by atoms with van der Waals surface area (Å²) in [5.74, 6) is 0.764. The van der Waals surface area contributed by atoms with Crippen LogP contribution >= 0.6 is 27.3 Å². The molecule has 3 aromatic rings. The highest BCUT2D eigenvalue weighted by Gasteiger charge is 2.22. The van der Waals surface area contributed by atoms with Crippen molar-refractivity contribution >= 4 is 55.8 Å². The molecule has 0 bridgehead atoms. The predicted octanol–water partition coefficient (Wildman–Crippen LogP) is 3.84. The van der Waals surface area contributed by atoms with Gasteiger partial charge in [0.15, 0.2) is 5.13 Å². The fourth-order valence-corrected chi connectivity index (χ4v) is 4.33. The molecule has 10 heteroatoms. The number of anilines is 3. The van der Waals surface area contributed by atoms with E-state index in [0.29, 0.717) is 29.6 Å². The Hall–Kier alpha value is -2.98. The summed E-state index contributed by atoms with van der Waals surface area (Å²) in [6.07, 6.45) is 1.91. The first kappa shape index (κ1) is 21.3. The maximum absolute atomic E-state index is 12.6. The van der Waals surface area contributed by atoms with E-state index in [2.05, 4.69) is 41.4 Å². The van der Waals surface area contributed by atoms with E-state index in [0.717, 1.165) is 23.4 Å². The summed E-state index contributed by atoms with van der Waals surface area (Å²) < 4.78 is 0.893. The van der Waals surface area contributed by atoms with Crippen molar-refractivity contribution in [2.45, 2.75) is 6.42 Å². The molecule has 8 nitrogen and oxygen atoms in total. The SMILES string of the molecule is O=C(Cc1csc(NC(=O)N2CCN(c3ccccn3)CC2)n1)Nc1cccc(Br)c1. The van der Waals surface area contributed by atoms with E-state index in [1.54, 1.807) is 16.5 Å². The van der Waals surface area contributed by atoms with E-state index in [1.807, 2.05) is 42.5 Å². The molecule has 1 aromatic carbocycles. The molecule has 1 aliphatic heterocycles. The van der Waals surface area contributed by atoms with Crippen LogP contribution in [0.2, 0.25) is 0 Å². The maximum Gasteiger partial charge on any atom is 0.323 e. The minimum atomic E-state index is -0.180. The van der Waals surface area contributed by atoms with Gasteiger partial charge in [-0.15, -0.1) is 11.3 Å². The molecular weight excluding hydrogens is 480 g/mol. The summed E-state index contributed by atoms with van der Waals surface area (Å²) in [6, 6.07) is 13.0. The Morgan fingerprint density at radius 2 is 1.90 bits per heavy atom. The zero-order valence-electron chi connectivity index (χ0n) is 16.6. The molecular formula is C21H21BrN6O2S. The van der Waals surface area contributed by atoms with Crippen LogP contribution in [0.5, 0.6) is 0 Å². The second-order valence-corrected chi connectivity index (χ2v) is 8.75. The first-order valence-corrected chi connectivity index (χ1v) is 11.5. The average Bonchev–Trinajstić information content (AvgIpc) is 3.21. The molecule has 2 aromatic heterocycles. The van der Waals surface area contributed by atoms with Gasteiger partial charge in [0.25, 0.3) is 0 Å². The lowest BCUT2D eigenvalue weighted by Crippen LogP contribution is -2.50. The lowest BCUT2D eigenvalue weighted by molar-refractivity contribution is -0.115. The minimum absolute atomic E-state index is 0.141. The number of hydrogen-bond acceptors (Lipinski definition) is 6. The van der Waals surface area contributed by atoms with Crippen molar-refractivity contribution in [3.05, 3.63) is 64.2 Å². The summed E-state index contributed by atoms with van der Waals surface area (Å²) in [4.78, 5) is 37.5. The third-order valence-corrected chi connectivity index (χ3v) is 6.06. The van der Waals surface area contributed by atoms with Crippen molar-refractivity contribution in [1.29, 1.82) is 0 Å². The van der Waals surface area contributed by atoms with Crippen LogP contribution < -0.4 is 15.5 Å².